The highest BCUT2D eigenvalue weighted by molar-refractivity contribution is 5.93. The number of rotatable bonds is 2. The maximum absolute atomic E-state index is 13.0. The summed E-state index contributed by atoms with van der Waals surface area (Å²) >= 11 is 0. The Kier molecular flexibility index (Phi) is 2.46. The van der Waals surface area contributed by atoms with Crippen molar-refractivity contribution in [3.63, 3.8) is 0 Å². The third-order valence-corrected chi connectivity index (χ3v) is 1.76. The van der Waals surface area contributed by atoms with Crippen LogP contribution in [0.1, 0.15) is 0 Å². The second-order valence-corrected chi connectivity index (χ2v) is 2.53. The molecule has 0 atom stereocenters. The molecule has 0 aliphatic carbocycles. The second-order valence-electron chi connectivity index (χ2n) is 2.53. The Morgan fingerprint density at radius 3 is 2.38 bits per heavy atom. The zero-order valence-electron chi connectivity index (χ0n) is 6.80. The molecule has 13 heavy (non-hydrogen) atoms. The Bertz CT molecular complexity index is 266. The highest BCUT2D eigenvalue weighted by atomic mass is 19.3. The topological polar surface area (TPSA) is 49.6 Å². The summed E-state index contributed by atoms with van der Waals surface area (Å²) in [5.74, 6) is -2.04. The average molecular weight is 195 g/mol. The summed E-state index contributed by atoms with van der Waals surface area (Å²) in [6.07, 6.45) is 0. The molecule has 0 radical (unpaired) electrons. The minimum absolute atomic E-state index is 0.398. The predicted octanol–water partition coefficient (Wildman–Crippen LogP) is 0.0378. The Morgan fingerprint density at radius 1 is 1.62 bits per heavy atom. The third-order valence-electron chi connectivity index (χ3n) is 1.76. The van der Waals surface area contributed by atoms with E-state index in [2.05, 4.69) is 0 Å². The van der Waals surface area contributed by atoms with Gasteiger partial charge in [-0.05, 0) is 0 Å². The van der Waals surface area contributed by atoms with Crippen LogP contribution in [0, 0.1) is 0 Å². The molecular formula is C6H8F3N3O. The number of nitrogens with zero attached hydrogens (tertiary/aromatic N) is 2. The van der Waals surface area contributed by atoms with E-state index in [0.29, 0.717) is 10.0 Å². The minimum atomic E-state index is -2.85. The van der Waals surface area contributed by atoms with Crippen molar-refractivity contribution >= 4 is 5.91 Å². The van der Waals surface area contributed by atoms with Crippen molar-refractivity contribution in [2.45, 2.75) is 6.55 Å². The molecule has 0 saturated heterocycles. The molecule has 0 unspecified atom stereocenters. The lowest BCUT2D eigenvalue weighted by molar-refractivity contribution is -0.123. The van der Waals surface area contributed by atoms with Crippen LogP contribution in [-0.2, 0) is 4.79 Å². The van der Waals surface area contributed by atoms with Gasteiger partial charge in [0.05, 0.1) is 12.1 Å². The van der Waals surface area contributed by atoms with Gasteiger partial charge in [0.15, 0.2) is 0 Å². The molecular weight excluding hydrogens is 187 g/mol. The molecule has 0 saturated carbocycles. The number of halogens is 3. The standard InChI is InChI=1S/C6H8F3N3O/c1-11-4(7)3(5(10)13)2-12(11)6(8)9/h6H,2H2,1H3,(H2,10,13). The summed E-state index contributed by atoms with van der Waals surface area (Å²) < 4.78 is 37.3. The number of alkyl halides is 2. The van der Waals surface area contributed by atoms with Crippen LogP contribution in [0.4, 0.5) is 13.2 Å². The Morgan fingerprint density at radius 2 is 2.15 bits per heavy atom. The fourth-order valence-electron chi connectivity index (χ4n) is 1.02. The first-order valence-corrected chi connectivity index (χ1v) is 3.42. The highest BCUT2D eigenvalue weighted by Crippen LogP contribution is 2.24. The van der Waals surface area contributed by atoms with E-state index < -0.39 is 30.5 Å². The van der Waals surface area contributed by atoms with Crippen LogP contribution in [0.25, 0.3) is 0 Å². The van der Waals surface area contributed by atoms with Gasteiger partial charge >= 0.3 is 6.55 Å². The second kappa shape index (κ2) is 3.25. The SMILES string of the molecule is CN1C(F)=C(C(N)=O)CN1C(F)F. The third kappa shape index (κ3) is 1.59. The number of nitrogens with two attached hydrogens (primary N) is 1. The smallest absolute Gasteiger partial charge is 0.311 e. The Balaban J connectivity index is 2.86. The maximum Gasteiger partial charge on any atom is 0.311 e. The quantitative estimate of drug-likeness (QED) is 0.633. The summed E-state index contributed by atoms with van der Waals surface area (Å²) in [6.45, 7) is -3.34. The molecule has 1 heterocycles. The summed E-state index contributed by atoms with van der Waals surface area (Å²) in [7, 11) is 1.09. The van der Waals surface area contributed by atoms with Crippen LogP contribution in [0.5, 0.6) is 0 Å². The van der Waals surface area contributed by atoms with Crippen molar-refractivity contribution < 1.29 is 18.0 Å². The van der Waals surface area contributed by atoms with Gasteiger partial charge in [0.1, 0.15) is 0 Å². The first-order valence-electron chi connectivity index (χ1n) is 3.42. The van der Waals surface area contributed by atoms with Gasteiger partial charge in [0.25, 0.3) is 5.91 Å². The molecule has 0 fully saturated rings. The molecule has 0 aromatic carbocycles. The predicted molar refractivity (Wildman–Crippen MR) is 37.8 cm³/mol. The first-order chi connectivity index (χ1) is 5.95. The van der Waals surface area contributed by atoms with Gasteiger partial charge in [-0.15, -0.1) is 0 Å². The van der Waals surface area contributed by atoms with Crippen molar-refractivity contribution in [1.82, 2.24) is 10.0 Å². The van der Waals surface area contributed by atoms with E-state index in [1.165, 1.54) is 0 Å². The monoisotopic (exact) mass is 195 g/mol. The number of carbonyl (C=O) groups is 1. The lowest BCUT2D eigenvalue weighted by Crippen LogP contribution is -2.38. The van der Waals surface area contributed by atoms with E-state index in [-0.39, 0.29) is 0 Å². The minimum Gasteiger partial charge on any atom is -0.366 e. The zero-order chi connectivity index (χ0) is 10.2. The molecule has 74 valence electrons. The van der Waals surface area contributed by atoms with E-state index in [4.69, 9.17) is 5.73 Å². The average Bonchev–Trinajstić information content (AvgIpc) is 2.29. The number of hydrogen-bond donors (Lipinski definition) is 1. The van der Waals surface area contributed by atoms with Crippen molar-refractivity contribution in [3.8, 4) is 0 Å². The molecule has 1 aliphatic heterocycles. The van der Waals surface area contributed by atoms with E-state index >= 15 is 0 Å². The molecule has 2 N–H and O–H groups in total. The van der Waals surface area contributed by atoms with E-state index in [1.807, 2.05) is 0 Å². The zero-order valence-corrected chi connectivity index (χ0v) is 6.80. The van der Waals surface area contributed by atoms with Crippen molar-refractivity contribution in [2.24, 2.45) is 5.73 Å². The lowest BCUT2D eigenvalue weighted by Gasteiger charge is -2.23. The molecule has 1 rings (SSSR count). The van der Waals surface area contributed by atoms with Crippen LogP contribution in [0.15, 0.2) is 11.5 Å². The van der Waals surface area contributed by atoms with Crippen LogP contribution < -0.4 is 5.73 Å². The molecule has 0 bridgehead atoms. The van der Waals surface area contributed by atoms with Gasteiger partial charge in [0.2, 0.25) is 5.95 Å². The van der Waals surface area contributed by atoms with Gasteiger partial charge in [-0.3, -0.25) is 9.80 Å². The van der Waals surface area contributed by atoms with Gasteiger partial charge < -0.3 is 5.73 Å². The fourth-order valence-corrected chi connectivity index (χ4v) is 1.02. The van der Waals surface area contributed by atoms with E-state index in [1.54, 1.807) is 0 Å². The summed E-state index contributed by atoms with van der Waals surface area (Å²) in [5.41, 5.74) is 4.35. The van der Waals surface area contributed by atoms with Gasteiger partial charge in [-0.2, -0.15) is 18.2 Å². The largest absolute Gasteiger partial charge is 0.366 e. The summed E-state index contributed by atoms with van der Waals surface area (Å²) in [5, 5.41) is 0.972. The normalized spacial score (nSPS) is 19.0. The van der Waals surface area contributed by atoms with Crippen molar-refractivity contribution in [3.05, 3.63) is 11.5 Å². The number of hydrazine groups is 1. The Labute approximate surface area is 72.4 Å². The number of hydrogen-bond acceptors (Lipinski definition) is 3. The van der Waals surface area contributed by atoms with E-state index in [9.17, 15) is 18.0 Å². The lowest BCUT2D eigenvalue weighted by atomic mass is 10.3. The molecule has 7 heteroatoms. The summed E-state index contributed by atoms with van der Waals surface area (Å²) in [4.78, 5) is 10.6. The number of primary amides is 1. The molecule has 1 amide bonds. The van der Waals surface area contributed by atoms with Crippen molar-refractivity contribution in [1.29, 1.82) is 0 Å². The van der Waals surface area contributed by atoms with E-state index in [0.717, 1.165) is 7.05 Å². The van der Waals surface area contributed by atoms with Gasteiger partial charge in [-0.1, -0.05) is 0 Å². The molecule has 0 aromatic heterocycles. The highest BCUT2D eigenvalue weighted by Gasteiger charge is 2.35. The molecule has 0 aromatic rings. The van der Waals surface area contributed by atoms with Crippen LogP contribution in [0.3, 0.4) is 0 Å². The number of amides is 1. The first kappa shape index (κ1) is 9.85. The van der Waals surface area contributed by atoms with Crippen LogP contribution >= 0.6 is 0 Å². The van der Waals surface area contributed by atoms with Crippen LogP contribution in [-0.4, -0.2) is 36.1 Å². The van der Waals surface area contributed by atoms with Crippen molar-refractivity contribution in [2.75, 3.05) is 13.6 Å². The fraction of sp³-hybridized carbons (Fsp3) is 0.500. The summed E-state index contributed by atoms with van der Waals surface area (Å²) in [6, 6.07) is 0. The molecule has 4 nitrogen and oxygen atoms in total. The van der Waals surface area contributed by atoms with Gasteiger partial charge in [0, 0.05) is 7.05 Å². The maximum atomic E-state index is 13.0. The number of carbonyl (C=O) groups excluding carboxylic acids is 1. The Hall–Kier alpha value is -1.24. The van der Waals surface area contributed by atoms with Gasteiger partial charge in [-0.25, -0.2) is 0 Å². The molecule has 1 aliphatic rings. The van der Waals surface area contributed by atoms with Crippen LogP contribution in [0.2, 0.25) is 0 Å². The molecule has 0 spiro atoms.